The van der Waals surface area contributed by atoms with Crippen LogP contribution < -0.4 is 11.1 Å². The molecular formula is C12H15IN4. The number of nitrogens with two attached hydrogens (primary N) is 1. The van der Waals surface area contributed by atoms with E-state index in [2.05, 4.69) is 39.1 Å². The first-order valence-corrected chi connectivity index (χ1v) is 6.55. The normalized spacial score (nSPS) is 10.5. The molecule has 0 atom stereocenters. The Morgan fingerprint density at radius 3 is 2.76 bits per heavy atom. The molecule has 0 aliphatic carbocycles. The average Bonchev–Trinajstić information content (AvgIpc) is 2.59. The number of hydrogen-bond acceptors (Lipinski definition) is 3. The monoisotopic (exact) mass is 342 g/mol. The minimum atomic E-state index is 0.714. The highest BCUT2D eigenvalue weighted by Crippen LogP contribution is 2.28. The van der Waals surface area contributed by atoms with Crippen molar-refractivity contribution in [1.82, 2.24) is 9.78 Å². The molecule has 0 amide bonds. The van der Waals surface area contributed by atoms with Gasteiger partial charge in [-0.25, -0.2) is 4.68 Å². The number of benzene rings is 1. The maximum atomic E-state index is 6.03. The predicted octanol–water partition coefficient (Wildman–Crippen LogP) is 3.14. The van der Waals surface area contributed by atoms with Crippen LogP contribution in [0.4, 0.5) is 17.2 Å². The molecule has 0 unspecified atom stereocenters. The smallest absolute Gasteiger partial charge is 0.152 e. The molecule has 0 fully saturated rings. The highest BCUT2D eigenvalue weighted by molar-refractivity contribution is 14.1. The van der Waals surface area contributed by atoms with Crippen LogP contribution in [0.2, 0.25) is 0 Å². The summed E-state index contributed by atoms with van der Waals surface area (Å²) in [5.74, 6) is 0.870. The Morgan fingerprint density at radius 1 is 1.41 bits per heavy atom. The number of halogens is 1. The number of nitrogen functional groups attached to an aromatic ring is 1. The Hall–Kier alpha value is -1.24. The first-order valence-electron chi connectivity index (χ1n) is 5.48. The van der Waals surface area contributed by atoms with Gasteiger partial charge in [0.05, 0.1) is 17.1 Å². The molecule has 1 aromatic carbocycles. The summed E-state index contributed by atoms with van der Waals surface area (Å²) in [5, 5.41) is 7.73. The van der Waals surface area contributed by atoms with Gasteiger partial charge in [-0.05, 0) is 48.6 Å². The van der Waals surface area contributed by atoms with E-state index in [0.717, 1.165) is 27.3 Å². The van der Waals surface area contributed by atoms with Crippen LogP contribution in [0.15, 0.2) is 24.3 Å². The summed E-state index contributed by atoms with van der Waals surface area (Å²) in [6.07, 6.45) is 0. The SMILES string of the molecule is CCn1nc(C)c(N)c1Nc1ccccc1I. The van der Waals surface area contributed by atoms with E-state index < -0.39 is 0 Å². The highest BCUT2D eigenvalue weighted by Gasteiger charge is 2.12. The molecule has 4 nitrogen and oxygen atoms in total. The fourth-order valence-electron chi connectivity index (χ4n) is 1.65. The maximum absolute atomic E-state index is 6.03. The third-order valence-corrected chi connectivity index (χ3v) is 3.54. The second-order valence-corrected chi connectivity index (χ2v) is 4.93. The Morgan fingerprint density at radius 2 is 2.12 bits per heavy atom. The van der Waals surface area contributed by atoms with Crippen LogP contribution in [0.3, 0.4) is 0 Å². The van der Waals surface area contributed by atoms with E-state index in [0.29, 0.717) is 5.69 Å². The molecule has 1 aromatic heterocycles. The second-order valence-electron chi connectivity index (χ2n) is 3.77. The molecule has 1 heterocycles. The van der Waals surface area contributed by atoms with Gasteiger partial charge in [-0.15, -0.1) is 0 Å². The average molecular weight is 342 g/mol. The third-order valence-electron chi connectivity index (χ3n) is 2.60. The van der Waals surface area contributed by atoms with Crippen molar-refractivity contribution < 1.29 is 0 Å². The van der Waals surface area contributed by atoms with E-state index in [1.165, 1.54) is 0 Å². The summed E-state index contributed by atoms with van der Waals surface area (Å²) < 4.78 is 3.04. The van der Waals surface area contributed by atoms with E-state index >= 15 is 0 Å². The van der Waals surface area contributed by atoms with Gasteiger partial charge < -0.3 is 11.1 Å². The molecule has 0 bridgehead atoms. The van der Waals surface area contributed by atoms with Crippen LogP contribution >= 0.6 is 22.6 Å². The van der Waals surface area contributed by atoms with E-state index in [1.54, 1.807) is 0 Å². The van der Waals surface area contributed by atoms with E-state index in [9.17, 15) is 0 Å². The van der Waals surface area contributed by atoms with Gasteiger partial charge in [-0.2, -0.15) is 5.10 Å². The molecule has 0 spiro atoms. The number of aromatic nitrogens is 2. The van der Waals surface area contributed by atoms with Gasteiger partial charge in [0.15, 0.2) is 5.82 Å². The predicted molar refractivity (Wildman–Crippen MR) is 79.5 cm³/mol. The Bertz CT molecular complexity index is 533. The standard InChI is InChI=1S/C12H15IN4/c1-3-17-12(11(14)8(2)16-17)15-10-7-5-4-6-9(10)13/h4-7,15H,3,14H2,1-2H3. The van der Waals surface area contributed by atoms with Gasteiger partial charge in [0.1, 0.15) is 0 Å². The summed E-state index contributed by atoms with van der Waals surface area (Å²) in [7, 11) is 0. The first-order chi connectivity index (χ1) is 8.13. The molecule has 90 valence electrons. The number of rotatable bonds is 3. The van der Waals surface area contributed by atoms with E-state index in [4.69, 9.17) is 5.73 Å². The molecule has 0 aliphatic rings. The lowest BCUT2D eigenvalue weighted by atomic mass is 10.3. The number of aryl methyl sites for hydroxylation is 2. The van der Waals surface area contributed by atoms with Gasteiger partial charge in [-0.1, -0.05) is 12.1 Å². The number of anilines is 3. The van der Waals surface area contributed by atoms with Crippen molar-refractivity contribution in [2.45, 2.75) is 20.4 Å². The number of nitrogens with zero attached hydrogens (tertiary/aromatic N) is 2. The summed E-state index contributed by atoms with van der Waals surface area (Å²) in [6.45, 7) is 4.76. The summed E-state index contributed by atoms with van der Waals surface area (Å²) in [6, 6.07) is 8.10. The largest absolute Gasteiger partial charge is 0.394 e. The molecule has 0 radical (unpaired) electrons. The lowest BCUT2D eigenvalue weighted by Crippen LogP contribution is -2.05. The summed E-state index contributed by atoms with van der Waals surface area (Å²) in [4.78, 5) is 0. The van der Waals surface area contributed by atoms with Crippen molar-refractivity contribution in [2.75, 3.05) is 11.1 Å². The van der Waals surface area contributed by atoms with Crippen LogP contribution in [0.25, 0.3) is 0 Å². The lowest BCUT2D eigenvalue weighted by molar-refractivity contribution is 0.661. The Kier molecular flexibility index (Phi) is 3.56. The number of para-hydroxylation sites is 1. The van der Waals surface area contributed by atoms with Gasteiger partial charge in [-0.3, -0.25) is 0 Å². The summed E-state index contributed by atoms with van der Waals surface area (Å²) >= 11 is 2.30. The molecule has 0 aliphatic heterocycles. The minimum Gasteiger partial charge on any atom is -0.394 e. The Balaban J connectivity index is 2.39. The molecule has 0 saturated carbocycles. The third kappa shape index (κ3) is 2.38. The fraction of sp³-hybridized carbons (Fsp3) is 0.250. The topological polar surface area (TPSA) is 55.9 Å². The van der Waals surface area contributed by atoms with Crippen molar-refractivity contribution in [3.05, 3.63) is 33.5 Å². The van der Waals surface area contributed by atoms with Crippen molar-refractivity contribution in [2.24, 2.45) is 0 Å². The quantitative estimate of drug-likeness (QED) is 0.843. The molecule has 2 rings (SSSR count). The van der Waals surface area contributed by atoms with Crippen LogP contribution in [0, 0.1) is 10.5 Å². The summed E-state index contributed by atoms with van der Waals surface area (Å²) in [5.41, 5.74) is 8.65. The van der Waals surface area contributed by atoms with Crippen molar-refractivity contribution in [3.8, 4) is 0 Å². The Labute approximate surface area is 114 Å². The fourth-order valence-corrected chi connectivity index (χ4v) is 2.17. The maximum Gasteiger partial charge on any atom is 0.152 e. The molecule has 2 aromatic rings. The molecule has 17 heavy (non-hydrogen) atoms. The van der Waals surface area contributed by atoms with E-state index in [1.807, 2.05) is 36.7 Å². The highest BCUT2D eigenvalue weighted by atomic mass is 127. The van der Waals surface area contributed by atoms with Crippen molar-refractivity contribution in [3.63, 3.8) is 0 Å². The van der Waals surface area contributed by atoms with E-state index in [-0.39, 0.29) is 0 Å². The number of nitrogens with one attached hydrogen (secondary N) is 1. The van der Waals surface area contributed by atoms with Crippen LogP contribution in [-0.4, -0.2) is 9.78 Å². The molecule has 5 heteroatoms. The first kappa shape index (κ1) is 12.2. The molecule has 0 saturated heterocycles. The second kappa shape index (κ2) is 4.95. The molecule has 3 N–H and O–H groups in total. The lowest BCUT2D eigenvalue weighted by Gasteiger charge is -2.10. The molecular weight excluding hydrogens is 327 g/mol. The van der Waals surface area contributed by atoms with Crippen LogP contribution in [0.1, 0.15) is 12.6 Å². The zero-order valence-corrected chi connectivity index (χ0v) is 12.0. The van der Waals surface area contributed by atoms with Gasteiger partial charge in [0.2, 0.25) is 0 Å². The van der Waals surface area contributed by atoms with Crippen molar-refractivity contribution >= 4 is 39.8 Å². The van der Waals surface area contributed by atoms with Gasteiger partial charge in [0, 0.05) is 10.1 Å². The van der Waals surface area contributed by atoms with Gasteiger partial charge >= 0.3 is 0 Å². The minimum absolute atomic E-state index is 0.714. The van der Waals surface area contributed by atoms with Crippen molar-refractivity contribution in [1.29, 1.82) is 0 Å². The van der Waals surface area contributed by atoms with Crippen LogP contribution in [-0.2, 0) is 6.54 Å². The van der Waals surface area contributed by atoms with Gasteiger partial charge in [0.25, 0.3) is 0 Å². The zero-order valence-electron chi connectivity index (χ0n) is 9.87. The number of hydrogen-bond donors (Lipinski definition) is 2. The zero-order chi connectivity index (χ0) is 12.4. The van der Waals surface area contributed by atoms with Crippen LogP contribution in [0.5, 0.6) is 0 Å².